The lowest BCUT2D eigenvalue weighted by atomic mass is 10.1. The number of aliphatic hydroxyl groups is 2. The third kappa shape index (κ3) is 4.86. The fourth-order valence-electron chi connectivity index (χ4n) is 2.77. The fourth-order valence-corrected chi connectivity index (χ4v) is 3.63. The highest BCUT2D eigenvalue weighted by Gasteiger charge is 2.47. The number of hydrogen-bond acceptors (Lipinski definition) is 13. The highest BCUT2D eigenvalue weighted by Crippen LogP contribution is 2.32. The maximum atomic E-state index is 12.1. The molecule has 2 amide bonds. The van der Waals surface area contributed by atoms with Gasteiger partial charge in [-0.2, -0.15) is 8.42 Å². The van der Waals surface area contributed by atoms with Gasteiger partial charge >= 0.3 is 10.3 Å². The Hall–Kier alpha value is -2.96. The molecule has 0 spiro atoms. The standard InChI is InChI=1S/C14H20N8O8S/c15-5(1-2-6(16)23)12(26)21-31(27,28)30-14-9(25)8(24)13(29-14)22-4-20-7-10(17)18-3-19-11(7)22/h3-5,8-9,13-14,24-25H,1-2,15H2,(H2,16,23)(H,21,26)(H2,17,18,19)/t5?,8-,9+,13?,14-/m1/s1. The van der Waals surface area contributed by atoms with Crippen molar-refractivity contribution in [2.24, 2.45) is 11.5 Å². The molecule has 31 heavy (non-hydrogen) atoms. The SMILES string of the molecule is NC(=O)CCC(N)C(=O)NS(=O)(=O)O[C@H]1OC(n2cnc3c(N)ncnc32)[C@H](O)[C@@H]1O. The molecule has 0 aliphatic carbocycles. The van der Waals surface area contributed by atoms with Gasteiger partial charge in [0.1, 0.15) is 24.1 Å². The Labute approximate surface area is 174 Å². The number of nitrogens with two attached hydrogens (primary N) is 3. The summed E-state index contributed by atoms with van der Waals surface area (Å²) >= 11 is 0. The Morgan fingerprint density at radius 3 is 2.68 bits per heavy atom. The van der Waals surface area contributed by atoms with Gasteiger partial charge in [-0.1, -0.05) is 0 Å². The van der Waals surface area contributed by atoms with Crippen molar-refractivity contribution in [3.63, 3.8) is 0 Å². The van der Waals surface area contributed by atoms with E-state index in [0.717, 1.165) is 6.33 Å². The third-order valence-corrected chi connectivity index (χ3v) is 5.24. The van der Waals surface area contributed by atoms with E-state index in [1.54, 1.807) is 0 Å². The molecule has 9 N–H and O–H groups in total. The van der Waals surface area contributed by atoms with E-state index in [1.165, 1.54) is 15.6 Å². The molecule has 0 saturated carbocycles. The molecular formula is C14H20N8O8S. The summed E-state index contributed by atoms with van der Waals surface area (Å²) in [6, 6.07) is -1.36. The molecule has 2 unspecified atom stereocenters. The topological polar surface area (TPSA) is 261 Å². The van der Waals surface area contributed by atoms with Gasteiger partial charge in [0.25, 0.3) is 5.91 Å². The Bertz CT molecular complexity index is 1090. The van der Waals surface area contributed by atoms with Crippen LogP contribution in [-0.4, -0.2) is 74.5 Å². The van der Waals surface area contributed by atoms with Crippen LogP contribution < -0.4 is 21.9 Å². The summed E-state index contributed by atoms with van der Waals surface area (Å²) in [5, 5.41) is 20.5. The van der Waals surface area contributed by atoms with E-state index in [-0.39, 0.29) is 29.8 Å². The molecule has 3 heterocycles. The number of hydrogen-bond donors (Lipinski definition) is 6. The lowest BCUT2D eigenvalue weighted by molar-refractivity contribution is -0.126. The lowest BCUT2D eigenvalue weighted by Crippen LogP contribution is -2.46. The monoisotopic (exact) mass is 460 g/mol. The van der Waals surface area contributed by atoms with Gasteiger partial charge in [0.05, 0.1) is 12.4 Å². The van der Waals surface area contributed by atoms with Gasteiger partial charge in [0.15, 0.2) is 17.7 Å². The number of amides is 2. The van der Waals surface area contributed by atoms with Crippen molar-refractivity contribution >= 4 is 39.1 Å². The quantitative estimate of drug-likeness (QED) is 0.219. The second kappa shape index (κ2) is 8.65. The van der Waals surface area contributed by atoms with E-state index in [2.05, 4.69) is 19.1 Å². The zero-order valence-electron chi connectivity index (χ0n) is 15.7. The molecule has 1 saturated heterocycles. The molecule has 2 aromatic rings. The predicted octanol–water partition coefficient (Wildman–Crippen LogP) is -4.04. The van der Waals surface area contributed by atoms with Crippen LogP contribution in [0.3, 0.4) is 0 Å². The van der Waals surface area contributed by atoms with E-state index >= 15 is 0 Å². The smallest absolute Gasteiger partial charge is 0.364 e. The second-order valence-electron chi connectivity index (χ2n) is 6.59. The average Bonchev–Trinajstić information content (AvgIpc) is 3.23. The summed E-state index contributed by atoms with van der Waals surface area (Å²) in [7, 11) is -4.81. The first-order chi connectivity index (χ1) is 14.5. The number of nitrogens with zero attached hydrogens (tertiary/aromatic N) is 4. The van der Waals surface area contributed by atoms with Gasteiger partial charge in [-0.25, -0.2) is 23.9 Å². The van der Waals surface area contributed by atoms with Gasteiger partial charge in [0, 0.05) is 6.42 Å². The number of rotatable bonds is 8. The van der Waals surface area contributed by atoms with Crippen LogP contribution in [0.4, 0.5) is 5.82 Å². The van der Waals surface area contributed by atoms with Crippen LogP contribution in [0.2, 0.25) is 0 Å². The van der Waals surface area contributed by atoms with Crippen LogP contribution in [0.5, 0.6) is 0 Å². The zero-order valence-corrected chi connectivity index (χ0v) is 16.5. The number of aliphatic hydroxyl groups excluding tert-OH is 2. The Balaban J connectivity index is 1.70. The van der Waals surface area contributed by atoms with Crippen LogP contribution in [-0.2, 0) is 28.8 Å². The molecule has 0 aromatic carbocycles. The number of ether oxygens (including phenoxy) is 1. The van der Waals surface area contributed by atoms with Crippen molar-refractivity contribution in [2.45, 2.75) is 43.6 Å². The minimum absolute atomic E-state index is 0.0579. The summed E-state index contributed by atoms with van der Waals surface area (Å²) in [4.78, 5) is 34.3. The molecule has 17 heteroatoms. The number of fused-ring (bicyclic) bond motifs is 1. The van der Waals surface area contributed by atoms with Crippen molar-refractivity contribution < 1.29 is 37.1 Å². The van der Waals surface area contributed by atoms with Gasteiger partial charge in [-0.15, -0.1) is 0 Å². The fraction of sp³-hybridized carbons (Fsp3) is 0.500. The summed E-state index contributed by atoms with van der Waals surface area (Å²) in [6.07, 6.45) is -4.79. The summed E-state index contributed by atoms with van der Waals surface area (Å²) in [5.41, 5.74) is 16.5. The third-order valence-electron chi connectivity index (χ3n) is 4.34. The first kappa shape index (κ1) is 22.7. The molecule has 5 atom stereocenters. The molecule has 1 fully saturated rings. The lowest BCUT2D eigenvalue weighted by Gasteiger charge is -2.17. The summed E-state index contributed by atoms with van der Waals surface area (Å²) < 4.78 is 36.9. The minimum Gasteiger partial charge on any atom is -0.385 e. The number of nitrogens with one attached hydrogen (secondary N) is 1. The van der Waals surface area contributed by atoms with Gasteiger partial charge in [0.2, 0.25) is 12.2 Å². The van der Waals surface area contributed by atoms with Crippen LogP contribution >= 0.6 is 0 Å². The number of carbonyl (C=O) groups excluding carboxylic acids is 2. The van der Waals surface area contributed by atoms with Crippen molar-refractivity contribution in [3.05, 3.63) is 12.7 Å². The Kier molecular flexibility index (Phi) is 6.34. The molecule has 3 rings (SSSR count). The van der Waals surface area contributed by atoms with Crippen LogP contribution in [0.25, 0.3) is 11.2 Å². The molecule has 16 nitrogen and oxygen atoms in total. The van der Waals surface area contributed by atoms with E-state index < -0.39 is 52.9 Å². The average molecular weight is 460 g/mol. The van der Waals surface area contributed by atoms with E-state index in [1.807, 2.05) is 0 Å². The molecular weight excluding hydrogens is 440 g/mol. The van der Waals surface area contributed by atoms with Crippen LogP contribution in [0.15, 0.2) is 12.7 Å². The number of carbonyl (C=O) groups is 2. The number of nitrogen functional groups attached to an aromatic ring is 1. The van der Waals surface area contributed by atoms with Crippen LogP contribution in [0, 0.1) is 0 Å². The zero-order chi connectivity index (χ0) is 22.9. The predicted molar refractivity (Wildman–Crippen MR) is 100 cm³/mol. The number of imidazole rings is 1. The maximum Gasteiger partial charge on any atom is 0.364 e. The van der Waals surface area contributed by atoms with Crippen LogP contribution in [0.1, 0.15) is 19.1 Å². The number of anilines is 1. The van der Waals surface area contributed by atoms with Gasteiger partial charge < -0.3 is 32.2 Å². The van der Waals surface area contributed by atoms with Gasteiger partial charge in [-0.05, 0) is 6.42 Å². The normalized spacial score (nSPS) is 24.9. The Morgan fingerprint density at radius 2 is 2.00 bits per heavy atom. The number of primary amides is 1. The maximum absolute atomic E-state index is 12.1. The highest BCUT2D eigenvalue weighted by atomic mass is 32.2. The van der Waals surface area contributed by atoms with E-state index in [0.29, 0.717) is 0 Å². The van der Waals surface area contributed by atoms with Crippen molar-refractivity contribution in [2.75, 3.05) is 5.73 Å². The molecule has 1 aliphatic rings. The molecule has 0 bridgehead atoms. The minimum atomic E-state index is -4.81. The second-order valence-corrected chi connectivity index (χ2v) is 7.89. The number of aromatic nitrogens is 4. The van der Waals surface area contributed by atoms with Crippen molar-refractivity contribution in [1.29, 1.82) is 0 Å². The van der Waals surface area contributed by atoms with E-state index in [4.69, 9.17) is 21.9 Å². The van der Waals surface area contributed by atoms with Crippen molar-refractivity contribution in [3.8, 4) is 0 Å². The highest BCUT2D eigenvalue weighted by molar-refractivity contribution is 7.85. The largest absolute Gasteiger partial charge is 0.385 e. The molecule has 2 aromatic heterocycles. The van der Waals surface area contributed by atoms with Gasteiger partial charge in [-0.3, -0.25) is 14.2 Å². The molecule has 170 valence electrons. The summed E-state index contributed by atoms with van der Waals surface area (Å²) in [6.45, 7) is 0. The first-order valence-corrected chi connectivity index (χ1v) is 10.1. The van der Waals surface area contributed by atoms with Crippen molar-refractivity contribution in [1.82, 2.24) is 24.2 Å². The molecule has 1 aliphatic heterocycles. The first-order valence-electron chi connectivity index (χ1n) is 8.73. The molecule has 0 radical (unpaired) electrons. The Morgan fingerprint density at radius 1 is 1.29 bits per heavy atom. The summed E-state index contributed by atoms with van der Waals surface area (Å²) in [5.74, 6) is -1.83. The van der Waals surface area contributed by atoms with E-state index in [9.17, 15) is 28.2 Å².